The van der Waals surface area contributed by atoms with Gasteiger partial charge in [-0.3, -0.25) is 4.79 Å². The number of nitrogens with one attached hydrogen (secondary N) is 2. The number of rotatable bonds is 3. The molecule has 2 N–H and O–H groups in total. The minimum absolute atomic E-state index is 0.158. The van der Waals surface area contributed by atoms with Gasteiger partial charge in [-0.15, -0.1) is 0 Å². The fourth-order valence-corrected chi connectivity index (χ4v) is 2.09. The standard InChI is InChI=1S/C16H14N2O2/c1-20-14-4-2-3-12(9-14)16(19)18-13-6-5-11-7-8-17-15(11)10-13/h2-10,17H,1H3,(H,18,19). The molecule has 3 rings (SSSR count). The highest BCUT2D eigenvalue weighted by Crippen LogP contribution is 2.19. The van der Waals surface area contributed by atoms with Crippen LogP contribution in [0, 0.1) is 0 Å². The quantitative estimate of drug-likeness (QED) is 0.763. The van der Waals surface area contributed by atoms with E-state index in [-0.39, 0.29) is 5.91 Å². The van der Waals surface area contributed by atoms with Crippen molar-refractivity contribution in [2.75, 3.05) is 12.4 Å². The number of methoxy groups -OCH3 is 1. The van der Waals surface area contributed by atoms with E-state index in [1.807, 2.05) is 36.5 Å². The van der Waals surface area contributed by atoms with E-state index >= 15 is 0 Å². The molecule has 1 heterocycles. The molecule has 0 aliphatic carbocycles. The zero-order valence-electron chi connectivity index (χ0n) is 11.0. The molecule has 0 saturated carbocycles. The molecule has 0 saturated heterocycles. The predicted molar refractivity (Wildman–Crippen MR) is 79.2 cm³/mol. The van der Waals surface area contributed by atoms with Crippen LogP contribution in [0.3, 0.4) is 0 Å². The molecule has 0 spiro atoms. The highest BCUT2D eigenvalue weighted by Gasteiger charge is 2.07. The summed E-state index contributed by atoms with van der Waals surface area (Å²) in [5.41, 5.74) is 2.32. The number of hydrogen-bond acceptors (Lipinski definition) is 2. The lowest BCUT2D eigenvalue weighted by Crippen LogP contribution is -2.11. The van der Waals surface area contributed by atoms with Crippen LogP contribution in [0.2, 0.25) is 0 Å². The Bertz CT molecular complexity index is 762. The minimum atomic E-state index is -0.158. The van der Waals surface area contributed by atoms with Gasteiger partial charge in [0.25, 0.3) is 5.91 Å². The number of fused-ring (bicyclic) bond motifs is 1. The van der Waals surface area contributed by atoms with Crippen molar-refractivity contribution in [3.8, 4) is 5.75 Å². The maximum atomic E-state index is 12.2. The van der Waals surface area contributed by atoms with Crippen molar-refractivity contribution in [2.45, 2.75) is 0 Å². The van der Waals surface area contributed by atoms with Crippen LogP contribution in [-0.2, 0) is 0 Å². The number of aromatic amines is 1. The van der Waals surface area contributed by atoms with Gasteiger partial charge in [-0.25, -0.2) is 0 Å². The first-order valence-electron chi connectivity index (χ1n) is 6.29. The van der Waals surface area contributed by atoms with Crippen LogP contribution in [0.15, 0.2) is 54.7 Å². The number of carbonyl (C=O) groups is 1. The largest absolute Gasteiger partial charge is 0.497 e. The lowest BCUT2D eigenvalue weighted by atomic mass is 10.2. The van der Waals surface area contributed by atoms with Crippen molar-refractivity contribution < 1.29 is 9.53 Å². The van der Waals surface area contributed by atoms with E-state index in [0.717, 1.165) is 16.6 Å². The first-order chi connectivity index (χ1) is 9.76. The molecule has 4 nitrogen and oxygen atoms in total. The Morgan fingerprint density at radius 1 is 1.15 bits per heavy atom. The Labute approximate surface area is 116 Å². The Morgan fingerprint density at radius 2 is 2.05 bits per heavy atom. The van der Waals surface area contributed by atoms with Crippen molar-refractivity contribution in [3.05, 3.63) is 60.3 Å². The van der Waals surface area contributed by atoms with Crippen LogP contribution < -0.4 is 10.1 Å². The first-order valence-corrected chi connectivity index (χ1v) is 6.29. The van der Waals surface area contributed by atoms with Gasteiger partial charge in [-0.2, -0.15) is 0 Å². The maximum absolute atomic E-state index is 12.2. The topological polar surface area (TPSA) is 54.1 Å². The summed E-state index contributed by atoms with van der Waals surface area (Å²) < 4.78 is 5.12. The van der Waals surface area contributed by atoms with E-state index in [2.05, 4.69) is 10.3 Å². The fourth-order valence-electron chi connectivity index (χ4n) is 2.09. The number of carbonyl (C=O) groups excluding carboxylic acids is 1. The van der Waals surface area contributed by atoms with Gasteiger partial charge in [0, 0.05) is 23.0 Å². The SMILES string of the molecule is COc1cccc(C(=O)Nc2ccc3cc[nH]c3c2)c1. The van der Waals surface area contributed by atoms with Gasteiger partial charge < -0.3 is 15.0 Å². The average Bonchev–Trinajstić information content (AvgIpc) is 2.95. The molecule has 100 valence electrons. The van der Waals surface area contributed by atoms with Crippen molar-refractivity contribution in [1.29, 1.82) is 0 Å². The zero-order chi connectivity index (χ0) is 13.9. The molecule has 1 aromatic heterocycles. The highest BCUT2D eigenvalue weighted by molar-refractivity contribution is 6.05. The predicted octanol–water partition coefficient (Wildman–Crippen LogP) is 3.43. The number of amides is 1. The summed E-state index contributed by atoms with van der Waals surface area (Å²) in [6, 6.07) is 14.8. The molecule has 0 aliphatic heterocycles. The summed E-state index contributed by atoms with van der Waals surface area (Å²) in [5, 5.41) is 3.99. The third-order valence-corrected chi connectivity index (χ3v) is 3.14. The monoisotopic (exact) mass is 266 g/mol. The summed E-state index contributed by atoms with van der Waals surface area (Å²) in [7, 11) is 1.58. The zero-order valence-corrected chi connectivity index (χ0v) is 11.0. The van der Waals surface area contributed by atoms with Gasteiger partial charge in [0.05, 0.1) is 7.11 Å². The van der Waals surface area contributed by atoms with Crippen LogP contribution >= 0.6 is 0 Å². The van der Waals surface area contributed by atoms with E-state index in [1.165, 1.54) is 0 Å². The number of benzene rings is 2. The molecule has 4 heteroatoms. The number of aromatic nitrogens is 1. The summed E-state index contributed by atoms with van der Waals surface area (Å²) in [6.45, 7) is 0. The summed E-state index contributed by atoms with van der Waals surface area (Å²) in [5.74, 6) is 0.507. The smallest absolute Gasteiger partial charge is 0.255 e. The Balaban J connectivity index is 1.83. The Kier molecular flexibility index (Phi) is 3.13. The number of ether oxygens (including phenoxy) is 1. The molecular weight excluding hydrogens is 252 g/mol. The number of anilines is 1. The van der Waals surface area contributed by atoms with Crippen molar-refractivity contribution in [3.63, 3.8) is 0 Å². The van der Waals surface area contributed by atoms with E-state index in [0.29, 0.717) is 11.3 Å². The molecule has 0 unspecified atom stereocenters. The number of hydrogen-bond donors (Lipinski definition) is 2. The van der Waals surface area contributed by atoms with E-state index in [9.17, 15) is 4.79 Å². The lowest BCUT2D eigenvalue weighted by Gasteiger charge is -2.07. The van der Waals surface area contributed by atoms with Gasteiger partial charge in [0.15, 0.2) is 0 Å². The van der Waals surface area contributed by atoms with E-state index < -0.39 is 0 Å². The molecule has 0 bridgehead atoms. The van der Waals surface area contributed by atoms with Crippen LogP contribution in [0.5, 0.6) is 5.75 Å². The van der Waals surface area contributed by atoms with Crippen LogP contribution in [-0.4, -0.2) is 18.0 Å². The second-order valence-corrected chi connectivity index (χ2v) is 4.47. The van der Waals surface area contributed by atoms with Crippen molar-refractivity contribution >= 4 is 22.5 Å². The summed E-state index contributed by atoms with van der Waals surface area (Å²) in [6.07, 6.45) is 1.87. The molecule has 2 aromatic carbocycles. The highest BCUT2D eigenvalue weighted by atomic mass is 16.5. The molecule has 3 aromatic rings. The first kappa shape index (κ1) is 12.3. The normalized spacial score (nSPS) is 10.4. The Hall–Kier alpha value is -2.75. The lowest BCUT2D eigenvalue weighted by molar-refractivity contribution is 0.102. The molecule has 0 aliphatic rings. The molecule has 1 amide bonds. The molecule has 20 heavy (non-hydrogen) atoms. The average molecular weight is 266 g/mol. The Morgan fingerprint density at radius 3 is 2.90 bits per heavy atom. The van der Waals surface area contributed by atoms with Crippen LogP contribution in [0.1, 0.15) is 10.4 Å². The molecule has 0 fully saturated rings. The fraction of sp³-hybridized carbons (Fsp3) is 0.0625. The number of H-pyrrole nitrogens is 1. The summed E-state index contributed by atoms with van der Waals surface area (Å²) >= 11 is 0. The second kappa shape index (κ2) is 5.09. The molecule has 0 atom stereocenters. The summed E-state index contributed by atoms with van der Waals surface area (Å²) in [4.78, 5) is 15.3. The molecule has 0 radical (unpaired) electrons. The van der Waals surface area contributed by atoms with Crippen LogP contribution in [0.25, 0.3) is 10.9 Å². The van der Waals surface area contributed by atoms with E-state index in [4.69, 9.17) is 4.74 Å². The third-order valence-electron chi connectivity index (χ3n) is 3.14. The van der Waals surface area contributed by atoms with Gasteiger partial charge in [-0.05, 0) is 41.8 Å². The third kappa shape index (κ3) is 2.36. The van der Waals surface area contributed by atoms with Gasteiger partial charge in [-0.1, -0.05) is 12.1 Å². The van der Waals surface area contributed by atoms with Crippen LogP contribution in [0.4, 0.5) is 5.69 Å². The van der Waals surface area contributed by atoms with E-state index in [1.54, 1.807) is 25.3 Å². The maximum Gasteiger partial charge on any atom is 0.255 e. The van der Waals surface area contributed by atoms with Gasteiger partial charge in [0.2, 0.25) is 0 Å². The van der Waals surface area contributed by atoms with Gasteiger partial charge in [0.1, 0.15) is 5.75 Å². The van der Waals surface area contributed by atoms with Crippen molar-refractivity contribution in [1.82, 2.24) is 4.98 Å². The van der Waals surface area contributed by atoms with Crippen molar-refractivity contribution in [2.24, 2.45) is 0 Å². The van der Waals surface area contributed by atoms with Gasteiger partial charge >= 0.3 is 0 Å². The second-order valence-electron chi connectivity index (χ2n) is 4.47. The molecular formula is C16H14N2O2. The minimum Gasteiger partial charge on any atom is -0.497 e.